The fourth-order valence-corrected chi connectivity index (χ4v) is 2.88. The third-order valence-corrected chi connectivity index (χ3v) is 4.25. The summed E-state index contributed by atoms with van der Waals surface area (Å²) in [7, 11) is 0. The summed E-state index contributed by atoms with van der Waals surface area (Å²) < 4.78 is 0. The van der Waals surface area contributed by atoms with Gasteiger partial charge in [0, 0.05) is 6.21 Å². The fourth-order valence-electron chi connectivity index (χ4n) is 2.88. The summed E-state index contributed by atoms with van der Waals surface area (Å²) in [5, 5.41) is 0. The Morgan fingerprint density at radius 1 is 0.842 bits per heavy atom. The average Bonchev–Trinajstić information content (AvgIpc) is 2.36. The molecule has 0 saturated heterocycles. The summed E-state index contributed by atoms with van der Waals surface area (Å²) in [6, 6.07) is 0.551. The summed E-state index contributed by atoms with van der Waals surface area (Å²) in [5.74, 6) is 0.751. The van der Waals surface area contributed by atoms with Crippen LogP contribution in [0, 0.1) is 5.92 Å². The first-order valence-corrected chi connectivity index (χ1v) is 8.37. The van der Waals surface area contributed by atoms with Crippen LogP contribution in [-0.2, 0) is 0 Å². The van der Waals surface area contributed by atoms with E-state index in [0.29, 0.717) is 6.04 Å². The number of aliphatic imine (C=N–C) groups is 1. The molecule has 0 N–H and O–H groups in total. The lowest BCUT2D eigenvalue weighted by molar-refractivity contribution is 0.372. The minimum atomic E-state index is 0.551. The number of rotatable bonds is 2. The summed E-state index contributed by atoms with van der Waals surface area (Å²) in [6.07, 6.45) is 18.2. The highest BCUT2D eigenvalue weighted by molar-refractivity contribution is 5.72. The Labute approximate surface area is 120 Å². The summed E-state index contributed by atoms with van der Waals surface area (Å²) in [6.45, 7) is 6.67. The van der Waals surface area contributed by atoms with E-state index in [9.17, 15) is 0 Å². The average molecular weight is 263 g/mol. The summed E-state index contributed by atoms with van der Waals surface area (Å²) >= 11 is 0. The van der Waals surface area contributed by atoms with E-state index in [0.717, 1.165) is 5.92 Å². The van der Waals surface area contributed by atoms with E-state index in [4.69, 9.17) is 4.99 Å². The standard InChI is InChI=1S/C18H33N/c1-16(2)14-15-19-18-13-11-9-7-5-4-6-8-10-12-17(18)3/h14-15,17-18H,4-13H2,1-3H3. The molecule has 2 unspecified atom stereocenters. The largest absolute Gasteiger partial charge is 0.290 e. The van der Waals surface area contributed by atoms with Crippen LogP contribution in [0.5, 0.6) is 0 Å². The van der Waals surface area contributed by atoms with Gasteiger partial charge in [0.2, 0.25) is 0 Å². The van der Waals surface area contributed by atoms with Crippen molar-refractivity contribution >= 4 is 6.21 Å². The Kier molecular flexibility index (Phi) is 8.86. The highest BCUT2D eigenvalue weighted by Gasteiger charge is 2.15. The normalized spacial score (nSPS) is 27.5. The Morgan fingerprint density at radius 3 is 1.95 bits per heavy atom. The molecule has 0 bridgehead atoms. The van der Waals surface area contributed by atoms with Crippen molar-refractivity contribution in [2.45, 2.75) is 91.0 Å². The van der Waals surface area contributed by atoms with Crippen molar-refractivity contribution in [2.75, 3.05) is 0 Å². The van der Waals surface area contributed by atoms with Crippen molar-refractivity contribution in [1.29, 1.82) is 0 Å². The highest BCUT2D eigenvalue weighted by atomic mass is 14.8. The van der Waals surface area contributed by atoms with Crippen LogP contribution in [0.1, 0.15) is 85.0 Å². The number of hydrogen-bond donors (Lipinski definition) is 0. The van der Waals surface area contributed by atoms with Crippen LogP contribution in [-0.4, -0.2) is 12.3 Å². The number of nitrogens with zero attached hydrogens (tertiary/aromatic N) is 1. The molecule has 110 valence electrons. The molecule has 1 rings (SSSR count). The van der Waals surface area contributed by atoms with Crippen molar-refractivity contribution in [1.82, 2.24) is 0 Å². The van der Waals surface area contributed by atoms with Gasteiger partial charge in [0.05, 0.1) is 6.04 Å². The lowest BCUT2D eigenvalue weighted by atomic mass is 9.90. The molecule has 1 aliphatic carbocycles. The van der Waals surface area contributed by atoms with Crippen LogP contribution in [0.2, 0.25) is 0 Å². The van der Waals surface area contributed by atoms with E-state index >= 15 is 0 Å². The van der Waals surface area contributed by atoms with Crippen LogP contribution in [0.3, 0.4) is 0 Å². The van der Waals surface area contributed by atoms with E-state index in [-0.39, 0.29) is 0 Å². The molecular weight excluding hydrogens is 230 g/mol. The monoisotopic (exact) mass is 263 g/mol. The van der Waals surface area contributed by atoms with Crippen molar-refractivity contribution < 1.29 is 0 Å². The van der Waals surface area contributed by atoms with Crippen LogP contribution in [0.4, 0.5) is 0 Å². The van der Waals surface area contributed by atoms with Crippen LogP contribution in [0.15, 0.2) is 16.6 Å². The molecular formula is C18H33N. The molecule has 1 nitrogen and oxygen atoms in total. The van der Waals surface area contributed by atoms with E-state index in [1.54, 1.807) is 0 Å². The molecule has 0 heterocycles. The van der Waals surface area contributed by atoms with E-state index in [2.05, 4.69) is 26.8 Å². The minimum absolute atomic E-state index is 0.551. The van der Waals surface area contributed by atoms with Crippen LogP contribution in [0.25, 0.3) is 0 Å². The zero-order valence-electron chi connectivity index (χ0n) is 13.3. The maximum atomic E-state index is 4.83. The molecule has 0 aliphatic heterocycles. The third kappa shape index (κ3) is 8.23. The van der Waals surface area contributed by atoms with Gasteiger partial charge in [-0.3, -0.25) is 4.99 Å². The fraction of sp³-hybridized carbons (Fsp3) is 0.833. The maximum Gasteiger partial charge on any atom is 0.0525 e. The lowest BCUT2D eigenvalue weighted by Crippen LogP contribution is -2.16. The summed E-state index contributed by atoms with van der Waals surface area (Å²) in [5.41, 5.74) is 1.34. The Morgan fingerprint density at radius 2 is 1.37 bits per heavy atom. The van der Waals surface area contributed by atoms with Gasteiger partial charge < -0.3 is 0 Å². The van der Waals surface area contributed by atoms with Gasteiger partial charge in [-0.2, -0.15) is 0 Å². The van der Waals surface area contributed by atoms with E-state index in [1.165, 1.54) is 69.8 Å². The number of allylic oxidation sites excluding steroid dienone is 2. The Balaban J connectivity index is 2.50. The van der Waals surface area contributed by atoms with Gasteiger partial charge >= 0.3 is 0 Å². The molecule has 0 aromatic heterocycles. The number of hydrogen-bond acceptors (Lipinski definition) is 1. The lowest BCUT2D eigenvalue weighted by Gasteiger charge is -2.21. The molecule has 19 heavy (non-hydrogen) atoms. The SMILES string of the molecule is CC(C)=CC=NC1CCCCCCCCCCC1C. The van der Waals surface area contributed by atoms with Crippen LogP contribution < -0.4 is 0 Å². The second-order valence-electron chi connectivity index (χ2n) is 6.49. The molecule has 2 atom stereocenters. The van der Waals surface area contributed by atoms with Gasteiger partial charge in [-0.25, -0.2) is 0 Å². The smallest absolute Gasteiger partial charge is 0.0525 e. The molecule has 1 saturated carbocycles. The first kappa shape index (κ1) is 16.5. The van der Waals surface area contributed by atoms with Gasteiger partial charge in [0.1, 0.15) is 0 Å². The van der Waals surface area contributed by atoms with Crippen LogP contribution >= 0.6 is 0 Å². The predicted molar refractivity (Wildman–Crippen MR) is 87.0 cm³/mol. The van der Waals surface area contributed by atoms with Gasteiger partial charge in [0.25, 0.3) is 0 Å². The van der Waals surface area contributed by atoms with Crippen molar-refractivity contribution in [2.24, 2.45) is 10.9 Å². The van der Waals surface area contributed by atoms with Gasteiger partial charge in [-0.05, 0) is 38.7 Å². The first-order chi connectivity index (χ1) is 9.20. The van der Waals surface area contributed by atoms with Crippen molar-refractivity contribution in [3.05, 3.63) is 11.6 Å². The topological polar surface area (TPSA) is 12.4 Å². The Bertz CT molecular complexity index is 273. The van der Waals surface area contributed by atoms with E-state index < -0.39 is 0 Å². The predicted octanol–water partition coefficient (Wildman–Crippen LogP) is 5.94. The highest BCUT2D eigenvalue weighted by Crippen LogP contribution is 2.23. The molecule has 1 fully saturated rings. The molecule has 1 aliphatic rings. The summed E-state index contributed by atoms with van der Waals surface area (Å²) in [4.78, 5) is 4.83. The molecule has 0 aromatic rings. The van der Waals surface area contributed by atoms with Crippen molar-refractivity contribution in [3.63, 3.8) is 0 Å². The van der Waals surface area contributed by atoms with Gasteiger partial charge in [0.15, 0.2) is 0 Å². The van der Waals surface area contributed by atoms with Gasteiger partial charge in [-0.1, -0.05) is 63.9 Å². The molecule has 1 heteroatoms. The molecule has 0 spiro atoms. The zero-order valence-corrected chi connectivity index (χ0v) is 13.3. The first-order valence-electron chi connectivity index (χ1n) is 8.37. The zero-order chi connectivity index (χ0) is 13.9. The Hall–Kier alpha value is -0.590. The quantitative estimate of drug-likeness (QED) is 0.546. The molecule has 0 amide bonds. The third-order valence-electron chi connectivity index (χ3n) is 4.25. The van der Waals surface area contributed by atoms with Gasteiger partial charge in [-0.15, -0.1) is 0 Å². The minimum Gasteiger partial charge on any atom is -0.290 e. The molecule has 0 aromatic carbocycles. The molecule has 0 radical (unpaired) electrons. The van der Waals surface area contributed by atoms with E-state index in [1.807, 2.05) is 6.21 Å². The van der Waals surface area contributed by atoms with Crippen molar-refractivity contribution in [3.8, 4) is 0 Å². The maximum absolute atomic E-state index is 4.83. The second kappa shape index (κ2) is 10.2. The second-order valence-corrected chi connectivity index (χ2v) is 6.49.